The topological polar surface area (TPSA) is 486 Å². The van der Waals surface area contributed by atoms with Crippen LogP contribution in [0.5, 0.6) is 0 Å². The summed E-state index contributed by atoms with van der Waals surface area (Å²) < 4.78 is 43.1. The van der Waals surface area contributed by atoms with Crippen molar-refractivity contribution in [3.8, 4) is 0 Å². The van der Waals surface area contributed by atoms with Crippen molar-refractivity contribution in [2.24, 2.45) is 21.7 Å². The van der Waals surface area contributed by atoms with Crippen molar-refractivity contribution in [1.29, 1.82) is 0 Å². The quantitative estimate of drug-likeness (QED) is 0.0908. The molecule has 17 N–H and O–H groups in total. The molecular formula is C77H110O29. The molecule has 29 heteroatoms. The summed E-state index contributed by atoms with van der Waals surface area (Å²) >= 11 is 0. The number of allylic oxidation sites excluding steroid dienone is 12. The molecule has 8 unspecified atom stereocenters. The summed E-state index contributed by atoms with van der Waals surface area (Å²) in [6, 6.07) is 0. The maximum Gasteiger partial charge on any atom is 0.377 e. The van der Waals surface area contributed by atoms with Crippen LogP contribution in [-0.4, -0.2) is 222 Å². The number of Topliss-reactive ketones (excluding diaryl/α,β-unsaturated/α-hetero) is 2. The van der Waals surface area contributed by atoms with Gasteiger partial charge in [-0.2, -0.15) is 0 Å². The predicted octanol–water partition coefficient (Wildman–Crippen LogP) is 8.76. The van der Waals surface area contributed by atoms with Crippen molar-refractivity contribution in [2.45, 2.75) is 242 Å². The molecule has 106 heavy (non-hydrogen) atoms. The largest absolute Gasteiger partial charge is 0.506 e. The first-order chi connectivity index (χ1) is 48.6. The third-order valence-corrected chi connectivity index (χ3v) is 19.2. The molecule has 0 bridgehead atoms. The molecule has 10 aliphatic rings. The van der Waals surface area contributed by atoms with E-state index in [1.54, 1.807) is 13.8 Å². The average molecular weight is 1500 g/mol. The van der Waals surface area contributed by atoms with Crippen LogP contribution >= 0.6 is 0 Å². The zero-order valence-electron chi connectivity index (χ0n) is 63.8. The van der Waals surface area contributed by atoms with Gasteiger partial charge in [-0.05, 0) is 151 Å². The third-order valence-electron chi connectivity index (χ3n) is 19.2. The van der Waals surface area contributed by atoms with E-state index in [0.29, 0.717) is 42.4 Å². The highest BCUT2D eigenvalue weighted by Crippen LogP contribution is 2.53. The number of aliphatic hydroxyl groups is 17. The molecule has 2 spiro atoms. The molecule has 2 saturated heterocycles. The van der Waals surface area contributed by atoms with Crippen molar-refractivity contribution in [3.63, 3.8) is 0 Å². The first-order valence-corrected chi connectivity index (χ1v) is 34.5. The average Bonchev–Trinajstić information content (AvgIpc) is 1.52. The van der Waals surface area contributed by atoms with Crippen molar-refractivity contribution < 1.29 is 144 Å². The van der Waals surface area contributed by atoms with E-state index in [-0.39, 0.29) is 69.8 Å². The van der Waals surface area contributed by atoms with Gasteiger partial charge in [0, 0.05) is 12.0 Å². The molecule has 0 saturated carbocycles. The van der Waals surface area contributed by atoms with Gasteiger partial charge < -0.3 is 125 Å². The molecule has 4 aliphatic carbocycles. The van der Waals surface area contributed by atoms with Crippen LogP contribution in [0.4, 0.5) is 0 Å². The Bertz CT molecular complexity index is 3700. The fraction of sp³-hybridized carbons (Fsp3) is 0.584. The van der Waals surface area contributed by atoms with Gasteiger partial charge in [-0.1, -0.05) is 115 Å². The molecule has 6 aliphatic heterocycles. The summed E-state index contributed by atoms with van der Waals surface area (Å²) in [5.41, 5.74) is 9.60. The zero-order valence-corrected chi connectivity index (χ0v) is 63.8. The lowest BCUT2D eigenvalue weighted by Crippen LogP contribution is -2.52. The summed E-state index contributed by atoms with van der Waals surface area (Å²) in [7, 11) is 0. The second-order valence-electron chi connectivity index (χ2n) is 31.3. The van der Waals surface area contributed by atoms with Crippen molar-refractivity contribution in [3.05, 3.63) is 162 Å². The van der Waals surface area contributed by atoms with E-state index in [0.717, 1.165) is 33.4 Å². The number of esters is 2. The van der Waals surface area contributed by atoms with Crippen LogP contribution in [0.2, 0.25) is 0 Å². The lowest BCUT2D eigenvalue weighted by atomic mass is 9.68. The van der Waals surface area contributed by atoms with E-state index < -0.39 is 150 Å². The molecule has 0 aromatic heterocycles. The first-order valence-electron chi connectivity index (χ1n) is 34.5. The Morgan fingerprint density at radius 3 is 1.16 bits per heavy atom. The minimum Gasteiger partial charge on any atom is -0.506 e. The van der Waals surface area contributed by atoms with Crippen LogP contribution in [0, 0.1) is 21.7 Å². The van der Waals surface area contributed by atoms with Gasteiger partial charge in [-0.25, -0.2) is 9.59 Å². The van der Waals surface area contributed by atoms with E-state index in [2.05, 4.69) is 82.4 Å². The molecule has 592 valence electrons. The number of rotatable bonds is 10. The summed E-state index contributed by atoms with van der Waals surface area (Å²) in [6.07, 6.45) is -2.78. The molecule has 6 heterocycles. The van der Waals surface area contributed by atoms with Crippen LogP contribution in [0.25, 0.3) is 0 Å². The monoisotopic (exact) mass is 1500 g/mol. The Kier molecular flexibility index (Phi) is 28.4. The summed E-state index contributed by atoms with van der Waals surface area (Å²) in [5, 5.41) is 161. The van der Waals surface area contributed by atoms with E-state index in [1.165, 1.54) is 11.1 Å². The van der Waals surface area contributed by atoms with Gasteiger partial charge in [-0.3, -0.25) is 9.59 Å². The highest BCUT2D eigenvalue weighted by atomic mass is 16.8. The van der Waals surface area contributed by atoms with E-state index in [4.69, 9.17) is 69.3 Å². The third kappa shape index (κ3) is 19.1. The van der Waals surface area contributed by atoms with Crippen LogP contribution in [-0.2, 0) is 57.1 Å². The number of hydrogen-bond donors (Lipinski definition) is 17. The number of ketones is 2. The Morgan fingerprint density at radius 1 is 0.472 bits per heavy atom. The van der Waals surface area contributed by atoms with Crippen molar-refractivity contribution in [1.82, 2.24) is 0 Å². The number of ether oxygens (including phenoxy) is 8. The molecule has 0 radical (unpaired) electrons. The second-order valence-corrected chi connectivity index (χ2v) is 31.3. The van der Waals surface area contributed by atoms with E-state index in [1.807, 2.05) is 82.2 Å². The van der Waals surface area contributed by atoms with Gasteiger partial charge in [-0.15, -0.1) is 0 Å². The smallest absolute Gasteiger partial charge is 0.377 e. The molecule has 10 rings (SSSR count). The van der Waals surface area contributed by atoms with Crippen molar-refractivity contribution >= 4 is 23.5 Å². The molecule has 0 aromatic rings. The lowest BCUT2D eigenvalue weighted by Gasteiger charge is -2.46. The fourth-order valence-corrected chi connectivity index (χ4v) is 13.8. The van der Waals surface area contributed by atoms with Gasteiger partial charge in [0.2, 0.25) is 11.5 Å². The highest BCUT2D eigenvalue weighted by molar-refractivity contribution is 6.01. The fourth-order valence-electron chi connectivity index (χ4n) is 13.8. The predicted molar refractivity (Wildman–Crippen MR) is 383 cm³/mol. The Labute approximate surface area is 617 Å². The van der Waals surface area contributed by atoms with Gasteiger partial charge in [0.1, 0.15) is 48.8 Å². The summed E-state index contributed by atoms with van der Waals surface area (Å²) in [6.45, 7) is 43.6. The summed E-state index contributed by atoms with van der Waals surface area (Å²) in [5.74, 6) is -10.5. The molecule has 0 aromatic carbocycles. The van der Waals surface area contributed by atoms with Crippen LogP contribution < -0.4 is 0 Å². The Balaban J connectivity index is 0.000000236. The van der Waals surface area contributed by atoms with Crippen LogP contribution in [0.15, 0.2) is 162 Å². The highest BCUT2D eigenvalue weighted by Gasteiger charge is 2.61. The Hall–Kier alpha value is -8.04. The maximum atomic E-state index is 11.7. The standard InChI is InChI=1S/C20H28O6.C19H26O7.2C13H20O2.2C6H8O6/c1-10(2)7-13-11(3)18(23)20(9-19(13,5)6)24-8-14(26-20)17-16(22)15(21)12(4)25-17;1-9(2)6-11-17(23)19(13(20)7-18(11,4)5)24-8-12(26-19)16-15(22)14(21)10(3)25-16;2*1-8(2)6-10-9(3)12(15)11(14)7-13(10,4)5;2*7-1-2(8)5-3(9)4(10)6(11)12-5/h7,14,17-18,21-23H,4,8-9H2,1-3,5-6H3;6,12-13,16,20-23H,3,7-8H2,1-2,4-5H3;2*6,11,14H,7H2,1-5H3;2*2,5,7-10H,1H2/t14?,17-,18?,20?;12?,13?,16-,19?;;;2*2-,5+/m11..00/s1. The SMILES string of the molecule is C=C1O[C@H](C2COC3(CC(C)(C)C(C=C(C)C)=C(C)C3O)O2)C(O)=C1O.C=C1O[C@H](C2COC3(O2)C(O)=C(C=C(C)C)C(C)(C)CC3O)C(O)=C1O.CC(C)=CC1=C(C)C(=O)C(O)CC1(C)C.CC(C)=CC1=C(C)C(=O)C(O)CC1(C)C.O=C1O[C@H]([C@@H](O)CO)C(O)=C1O.O=C1O[C@H]([C@@H](O)CO)C(O)=C1O. The minimum atomic E-state index is -1.73. The minimum absolute atomic E-state index is 0.00323. The number of cyclic esters (lactones) is 2. The van der Waals surface area contributed by atoms with E-state index >= 15 is 0 Å². The van der Waals surface area contributed by atoms with Gasteiger partial charge >= 0.3 is 11.9 Å². The molecule has 0 amide bonds. The number of carbonyl (C=O) groups excluding carboxylic acids is 4. The molecule has 2 fully saturated rings. The van der Waals surface area contributed by atoms with Gasteiger partial charge in [0.05, 0.1) is 26.4 Å². The first kappa shape index (κ1) is 88.6. The van der Waals surface area contributed by atoms with E-state index in [9.17, 15) is 65.1 Å². The summed E-state index contributed by atoms with van der Waals surface area (Å²) in [4.78, 5) is 44.4. The second kappa shape index (κ2) is 34.0. The Morgan fingerprint density at radius 2 is 0.821 bits per heavy atom. The molecule has 14 atom stereocenters. The number of aliphatic hydroxyl groups excluding tert-OH is 17. The maximum absolute atomic E-state index is 11.7. The van der Waals surface area contributed by atoms with Crippen LogP contribution in [0.1, 0.15) is 157 Å². The van der Waals surface area contributed by atoms with Gasteiger partial charge in [0.25, 0.3) is 5.79 Å². The number of carbonyl (C=O) groups is 4. The normalized spacial score (nSPS) is 31.0. The molecule has 29 nitrogen and oxygen atoms in total. The van der Waals surface area contributed by atoms with Crippen LogP contribution in [0.3, 0.4) is 0 Å². The lowest BCUT2D eigenvalue weighted by molar-refractivity contribution is -0.242. The van der Waals surface area contributed by atoms with Crippen molar-refractivity contribution in [2.75, 3.05) is 26.4 Å². The number of hydrogen-bond acceptors (Lipinski definition) is 29. The van der Waals surface area contributed by atoms with Gasteiger partial charge in [0.15, 0.2) is 93.6 Å². The molecular weight excluding hydrogens is 1390 g/mol. The zero-order chi connectivity index (χ0) is 81.1.